The molecule has 0 saturated heterocycles. The minimum Gasteiger partial charge on any atom is -0.407 e. The van der Waals surface area contributed by atoms with Gasteiger partial charge < -0.3 is 4.74 Å². The van der Waals surface area contributed by atoms with E-state index in [-0.39, 0.29) is 0 Å². The highest BCUT2D eigenvalue weighted by Gasteiger charge is 2.22. The molecular formula is C17H14N2O2. The van der Waals surface area contributed by atoms with Gasteiger partial charge in [-0.05, 0) is 29.7 Å². The van der Waals surface area contributed by atoms with Crippen LogP contribution in [0.5, 0.6) is 0 Å². The standard InChI is InChI=1S/C17H14N2O2/c20-17-15(11-14-7-4-10-18-12-14)19-16(21-17)9-8-13-5-2-1-3-6-13/h1-7,10-12H,8-9H2/b15-11+. The molecule has 104 valence electrons. The van der Waals surface area contributed by atoms with Gasteiger partial charge in [0.15, 0.2) is 11.6 Å². The summed E-state index contributed by atoms with van der Waals surface area (Å²) in [4.78, 5) is 20.0. The number of hydrogen-bond donors (Lipinski definition) is 0. The van der Waals surface area contributed by atoms with Gasteiger partial charge in [0, 0.05) is 18.8 Å². The van der Waals surface area contributed by atoms with Crippen LogP contribution in [0, 0.1) is 0 Å². The molecule has 1 aromatic heterocycles. The molecule has 1 aliphatic heterocycles. The quantitative estimate of drug-likeness (QED) is 0.638. The molecule has 0 aliphatic carbocycles. The fourth-order valence-corrected chi connectivity index (χ4v) is 2.08. The molecule has 0 spiro atoms. The summed E-state index contributed by atoms with van der Waals surface area (Å²) >= 11 is 0. The second-order valence-corrected chi connectivity index (χ2v) is 4.70. The lowest BCUT2D eigenvalue weighted by Gasteiger charge is -1.99. The van der Waals surface area contributed by atoms with Gasteiger partial charge in [0.05, 0.1) is 0 Å². The number of rotatable bonds is 4. The number of pyridine rings is 1. The van der Waals surface area contributed by atoms with Crippen molar-refractivity contribution in [2.24, 2.45) is 4.99 Å². The second kappa shape index (κ2) is 6.13. The van der Waals surface area contributed by atoms with Crippen molar-refractivity contribution >= 4 is 17.9 Å². The lowest BCUT2D eigenvalue weighted by molar-refractivity contribution is -0.130. The Morgan fingerprint density at radius 1 is 1.05 bits per heavy atom. The van der Waals surface area contributed by atoms with E-state index in [4.69, 9.17) is 4.74 Å². The van der Waals surface area contributed by atoms with Crippen molar-refractivity contribution in [3.63, 3.8) is 0 Å². The summed E-state index contributed by atoms with van der Waals surface area (Å²) in [7, 11) is 0. The molecule has 0 bridgehead atoms. The molecule has 1 aromatic carbocycles. The highest BCUT2D eigenvalue weighted by Crippen LogP contribution is 2.17. The van der Waals surface area contributed by atoms with Gasteiger partial charge in [0.2, 0.25) is 0 Å². The molecule has 1 aliphatic rings. The number of carbonyl (C=O) groups is 1. The van der Waals surface area contributed by atoms with Crippen LogP contribution in [0.4, 0.5) is 0 Å². The van der Waals surface area contributed by atoms with E-state index < -0.39 is 5.97 Å². The second-order valence-electron chi connectivity index (χ2n) is 4.70. The van der Waals surface area contributed by atoms with Crippen LogP contribution in [0.15, 0.2) is 65.5 Å². The van der Waals surface area contributed by atoms with E-state index in [9.17, 15) is 4.79 Å². The highest BCUT2D eigenvalue weighted by molar-refractivity contribution is 6.07. The van der Waals surface area contributed by atoms with Crippen LogP contribution in [0.1, 0.15) is 17.5 Å². The van der Waals surface area contributed by atoms with E-state index in [2.05, 4.69) is 9.98 Å². The molecule has 3 rings (SSSR count). The van der Waals surface area contributed by atoms with Gasteiger partial charge in [0.25, 0.3) is 0 Å². The van der Waals surface area contributed by atoms with E-state index in [0.717, 1.165) is 12.0 Å². The Morgan fingerprint density at radius 3 is 2.67 bits per heavy atom. The van der Waals surface area contributed by atoms with Crippen molar-refractivity contribution in [1.29, 1.82) is 0 Å². The molecule has 4 heteroatoms. The fourth-order valence-electron chi connectivity index (χ4n) is 2.08. The largest absolute Gasteiger partial charge is 0.407 e. The number of ether oxygens (including phenoxy) is 1. The van der Waals surface area contributed by atoms with Crippen LogP contribution in [-0.2, 0) is 16.0 Å². The Bertz CT molecular complexity index is 691. The number of aliphatic imine (C=N–C) groups is 1. The van der Waals surface area contributed by atoms with Crippen molar-refractivity contribution in [3.05, 3.63) is 71.7 Å². The molecule has 0 fully saturated rings. The smallest absolute Gasteiger partial charge is 0.363 e. The van der Waals surface area contributed by atoms with E-state index >= 15 is 0 Å². The van der Waals surface area contributed by atoms with Crippen LogP contribution in [0.2, 0.25) is 0 Å². The number of carbonyl (C=O) groups excluding carboxylic acids is 1. The number of nitrogens with zero attached hydrogens (tertiary/aromatic N) is 2. The average Bonchev–Trinajstić information content (AvgIpc) is 2.87. The predicted molar refractivity (Wildman–Crippen MR) is 80.5 cm³/mol. The molecule has 0 amide bonds. The molecule has 0 radical (unpaired) electrons. The normalized spacial score (nSPS) is 15.9. The zero-order chi connectivity index (χ0) is 14.5. The molecule has 0 unspecified atom stereocenters. The zero-order valence-electron chi connectivity index (χ0n) is 11.4. The summed E-state index contributed by atoms with van der Waals surface area (Å²) in [6.07, 6.45) is 6.46. The van der Waals surface area contributed by atoms with E-state index in [1.807, 2.05) is 42.5 Å². The van der Waals surface area contributed by atoms with Crippen molar-refractivity contribution in [3.8, 4) is 0 Å². The van der Waals surface area contributed by atoms with Crippen LogP contribution < -0.4 is 0 Å². The third-order valence-corrected chi connectivity index (χ3v) is 3.12. The Balaban J connectivity index is 1.69. The van der Waals surface area contributed by atoms with Crippen LogP contribution in [0.3, 0.4) is 0 Å². The van der Waals surface area contributed by atoms with Gasteiger partial charge in [-0.15, -0.1) is 0 Å². The Labute approximate surface area is 122 Å². The van der Waals surface area contributed by atoms with Gasteiger partial charge in [-0.25, -0.2) is 9.79 Å². The maximum absolute atomic E-state index is 11.8. The number of cyclic esters (lactones) is 1. The fraction of sp³-hybridized carbons (Fsp3) is 0.118. The zero-order valence-corrected chi connectivity index (χ0v) is 11.4. The first-order valence-electron chi connectivity index (χ1n) is 6.77. The van der Waals surface area contributed by atoms with Gasteiger partial charge in [-0.2, -0.15) is 0 Å². The monoisotopic (exact) mass is 278 g/mol. The van der Waals surface area contributed by atoms with E-state index in [1.54, 1.807) is 18.5 Å². The van der Waals surface area contributed by atoms with Gasteiger partial charge in [-0.1, -0.05) is 36.4 Å². The summed E-state index contributed by atoms with van der Waals surface area (Å²) in [5, 5.41) is 0. The molecule has 2 heterocycles. The topological polar surface area (TPSA) is 51.5 Å². The summed E-state index contributed by atoms with van der Waals surface area (Å²) in [6.45, 7) is 0. The first-order valence-corrected chi connectivity index (χ1v) is 6.77. The maximum Gasteiger partial charge on any atom is 0.363 e. The Kier molecular flexibility index (Phi) is 3.87. The lowest BCUT2D eigenvalue weighted by Crippen LogP contribution is -2.05. The van der Waals surface area contributed by atoms with Crippen molar-refractivity contribution in [1.82, 2.24) is 4.98 Å². The summed E-state index contributed by atoms with van der Waals surface area (Å²) in [5.41, 5.74) is 2.35. The van der Waals surface area contributed by atoms with Gasteiger partial charge in [0.1, 0.15) is 0 Å². The third-order valence-electron chi connectivity index (χ3n) is 3.12. The van der Waals surface area contributed by atoms with Crippen LogP contribution in [-0.4, -0.2) is 16.9 Å². The summed E-state index contributed by atoms with van der Waals surface area (Å²) in [5.74, 6) is 0.0703. The molecule has 2 aromatic rings. The van der Waals surface area contributed by atoms with Gasteiger partial charge in [-0.3, -0.25) is 4.98 Å². The van der Waals surface area contributed by atoms with Gasteiger partial charge >= 0.3 is 5.97 Å². The van der Waals surface area contributed by atoms with Crippen molar-refractivity contribution in [2.75, 3.05) is 0 Å². The first-order chi connectivity index (χ1) is 10.3. The first kappa shape index (κ1) is 13.2. The van der Waals surface area contributed by atoms with Crippen LogP contribution >= 0.6 is 0 Å². The van der Waals surface area contributed by atoms with E-state index in [1.165, 1.54) is 5.56 Å². The number of hydrogen-bond acceptors (Lipinski definition) is 4. The van der Waals surface area contributed by atoms with Crippen molar-refractivity contribution < 1.29 is 9.53 Å². The Morgan fingerprint density at radius 2 is 1.90 bits per heavy atom. The van der Waals surface area contributed by atoms with E-state index in [0.29, 0.717) is 18.0 Å². The molecule has 4 nitrogen and oxygen atoms in total. The summed E-state index contributed by atoms with van der Waals surface area (Å²) < 4.78 is 5.19. The molecular weight excluding hydrogens is 264 g/mol. The molecule has 21 heavy (non-hydrogen) atoms. The molecule has 0 N–H and O–H groups in total. The third kappa shape index (κ3) is 3.42. The molecule has 0 atom stereocenters. The average molecular weight is 278 g/mol. The minimum atomic E-state index is -0.401. The number of esters is 1. The lowest BCUT2D eigenvalue weighted by atomic mass is 10.1. The maximum atomic E-state index is 11.8. The Hall–Kier alpha value is -2.75. The summed E-state index contributed by atoms with van der Waals surface area (Å²) in [6, 6.07) is 13.7. The number of aryl methyl sites for hydroxylation is 1. The SMILES string of the molecule is O=C1OC(CCc2ccccc2)=N/C1=C/c1cccnc1. The number of benzene rings is 1. The predicted octanol–water partition coefficient (Wildman–Crippen LogP) is 3.01. The highest BCUT2D eigenvalue weighted by atomic mass is 16.6. The minimum absolute atomic E-state index is 0.325. The molecule has 0 saturated carbocycles. The number of aromatic nitrogens is 1. The van der Waals surface area contributed by atoms with Crippen LogP contribution in [0.25, 0.3) is 6.08 Å². The van der Waals surface area contributed by atoms with Crippen molar-refractivity contribution in [2.45, 2.75) is 12.8 Å².